The maximum atomic E-state index is 12.0. The molecule has 0 fully saturated rings. The van der Waals surface area contributed by atoms with Crippen molar-refractivity contribution in [1.29, 1.82) is 0 Å². The highest BCUT2D eigenvalue weighted by Crippen LogP contribution is 2.43. The van der Waals surface area contributed by atoms with Gasteiger partial charge in [-0.2, -0.15) is 5.10 Å². The SMILES string of the molecule is Cc1ccc(C2C3=C(COC3=O)Nc3[nH]ncc32)cc1. The molecule has 1 aromatic carbocycles. The lowest BCUT2D eigenvalue weighted by atomic mass is 9.83. The first kappa shape index (κ1) is 11.3. The van der Waals surface area contributed by atoms with Crippen molar-refractivity contribution in [2.75, 3.05) is 11.9 Å². The number of aromatic amines is 1. The zero-order valence-electron chi connectivity index (χ0n) is 10.9. The average Bonchev–Trinajstić information content (AvgIpc) is 3.05. The minimum Gasteiger partial charge on any atom is -0.456 e. The molecule has 0 saturated heterocycles. The Morgan fingerprint density at radius 3 is 2.90 bits per heavy atom. The topological polar surface area (TPSA) is 67.0 Å². The third-order valence-corrected chi connectivity index (χ3v) is 3.85. The van der Waals surface area contributed by atoms with Gasteiger partial charge in [-0.1, -0.05) is 29.8 Å². The maximum Gasteiger partial charge on any atom is 0.337 e. The summed E-state index contributed by atoms with van der Waals surface area (Å²) in [6.45, 7) is 2.35. The normalized spacial score (nSPS) is 20.2. The average molecular weight is 267 g/mol. The van der Waals surface area contributed by atoms with Gasteiger partial charge in [0.15, 0.2) is 0 Å². The van der Waals surface area contributed by atoms with E-state index >= 15 is 0 Å². The number of anilines is 1. The van der Waals surface area contributed by atoms with Gasteiger partial charge >= 0.3 is 5.97 Å². The Morgan fingerprint density at radius 2 is 2.10 bits per heavy atom. The van der Waals surface area contributed by atoms with Crippen molar-refractivity contribution in [3.63, 3.8) is 0 Å². The van der Waals surface area contributed by atoms with Gasteiger partial charge in [-0.05, 0) is 12.5 Å². The van der Waals surface area contributed by atoms with Crippen LogP contribution in [-0.4, -0.2) is 22.8 Å². The number of hydrogen-bond donors (Lipinski definition) is 2. The van der Waals surface area contributed by atoms with E-state index in [1.54, 1.807) is 6.20 Å². The van der Waals surface area contributed by atoms with Crippen LogP contribution in [0.2, 0.25) is 0 Å². The molecule has 5 nitrogen and oxygen atoms in total. The molecule has 1 unspecified atom stereocenters. The predicted octanol–water partition coefficient (Wildman–Crippen LogP) is 2.09. The molecule has 0 amide bonds. The Bertz CT molecular complexity index is 728. The summed E-state index contributed by atoms with van der Waals surface area (Å²) in [6.07, 6.45) is 1.77. The monoisotopic (exact) mass is 267 g/mol. The molecule has 0 radical (unpaired) electrons. The van der Waals surface area contributed by atoms with Gasteiger partial charge in [-0.3, -0.25) is 5.10 Å². The van der Waals surface area contributed by atoms with E-state index in [1.807, 2.05) is 6.92 Å². The highest BCUT2D eigenvalue weighted by molar-refractivity contribution is 5.96. The molecule has 0 bridgehead atoms. The first-order chi connectivity index (χ1) is 9.74. The molecular formula is C15H13N3O2. The number of nitrogens with one attached hydrogen (secondary N) is 2. The van der Waals surface area contributed by atoms with Crippen LogP contribution < -0.4 is 5.32 Å². The minimum atomic E-state index is -0.245. The molecule has 2 aromatic rings. The molecule has 2 aliphatic heterocycles. The van der Waals surface area contributed by atoms with E-state index in [0.29, 0.717) is 12.2 Å². The van der Waals surface area contributed by atoms with Crippen LogP contribution in [0, 0.1) is 6.92 Å². The van der Waals surface area contributed by atoms with Crippen LogP contribution >= 0.6 is 0 Å². The van der Waals surface area contributed by atoms with Crippen LogP contribution in [0.3, 0.4) is 0 Å². The van der Waals surface area contributed by atoms with Gasteiger partial charge in [0.1, 0.15) is 12.4 Å². The summed E-state index contributed by atoms with van der Waals surface area (Å²) in [5.41, 5.74) is 4.77. The number of ether oxygens (including phenoxy) is 1. The zero-order valence-corrected chi connectivity index (χ0v) is 10.9. The minimum absolute atomic E-state index is 0.115. The zero-order chi connectivity index (χ0) is 13.7. The van der Waals surface area contributed by atoms with Crippen LogP contribution in [0.15, 0.2) is 41.7 Å². The summed E-state index contributed by atoms with van der Waals surface area (Å²) in [4.78, 5) is 12.0. The van der Waals surface area contributed by atoms with E-state index in [0.717, 1.165) is 22.6 Å². The first-order valence-electron chi connectivity index (χ1n) is 6.51. The second-order valence-electron chi connectivity index (χ2n) is 5.14. The van der Waals surface area contributed by atoms with Gasteiger partial charge in [0, 0.05) is 11.5 Å². The number of cyclic esters (lactones) is 1. The summed E-state index contributed by atoms with van der Waals surface area (Å²) in [5.74, 6) is 0.480. The number of carbonyl (C=O) groups excluding carboxylic acids is 1. The summed E-state index contributed by atoms with van der Waals surface area (Å²) in [7, 11) is 0. The van der Waals surface area contributed by atoms with Gasteiger partial charge in [-0.15, -0.1) is 0 Å². The van der Waals surface area contributed by atoms with Crippen LogP contribution in [0.1, 0.15) is 22.6 Å². The lowest BCUT2D eigenvalue weighted by Gasteiger charge is -2.23. The Labute approximate surface area is 115 Å². The molecule has 4 rings (SSSR count). The molecule has 20 heavy (non-hydrogen) atoms. The van der Waals surface area contributed by atoms with Gasteiger partial charge in [0.2, 0.25) is 0 Å². The quantitative estimate of drug-likeness (QED) is 0.776. The molecule has 2 N–H and O–H groups in total. The van der Waals surface area contributed by atoms with E-state index in [1.165, 1.54) is 5.56 Å². The van der Waals surface area contributed by atoms with Crippen molar-refractivity contribution in [3.05, 3.63) is 58.4 Å². The third-order valence-electron chi connectivity index (χ3n) is 3.85. The molecule has 1 atom stereocenters. The molecule has 3 heterocycles. The van der Waals surface area contributed by atoms with Crippen molar-refractivity contribution in [2.45, 2.75) is 12.8 Å². The molecule has 0 saturated carbocycles. The fraction of sp³-hybridized carbons (Fsp3) is 0.200. The Kier molecular flexibility index (Phi) is 2.24. The summed E-state index contributed by atoms with van der Waals surface area (Å²) >= 11 is 0. The standard InChI is InChI=1S/C15H13N3O2/c1-8-2-4-9(5-3-8)12-10-6-16-18-14(10)17-11-7-20-15(19)13(11)12/h2-6,12H,7H2,1H3,(H2,16,17,18). The second-order valence-corrected chi connectivity index (χ2v) is 5.14. The molecule has 100 valence electrons. The van der Waals surface area contributed by atoms with E-state index in [9.17, 15) is 4.79 Å². The lowest BCUT2D eigenvalue weighted by molar-refractivity contribution is -0.136. The molecule has 0 spiro atoms. The Hall–Kier alpha value is -2.56. The summed E-state index contributed by atoms with van der Waals surface area (Å²) in [6, 6.07) is 8.21. The van der Waals surface area contributed by atoms with Gasteiger partial charge in [0.25, 0.3) is 0 Å². The Morgan fingerprint density at radius 1 is 1.30 bits per heavy atom. The molecule has 0 aliphatic carbocycles. The van der Waals surface area contributed by atoms with E-state index in [-0.39, 0.29) is 11.9 Å². The number of H-pyrrole nitrogens is 1. The maximum absolute atomic E-state index is 12.0. The Balaban J connectivity index is 1.91. The fourth-order valence-corrected chi connectivity index (χ4v) is 2.84. The third kappa shape index (κ3) is 1.49. The van der Waals surface area contributed by atoms with Crippen molar-refractivity contribution < 1.29 is 9.53 Å². The van der Waals surface area contributed by atoms with Crippen molar-refractivity contribution in [3.8, 4) is 0 Å². The number of aryl methyl sites for hydroxylation is 1. The number of fused-ring (bicyclic) bond motifs is 1. The number of aromatic nitrogens is 2. The number of benzene rings is 1. The van der Waals surface area contributed by atoms with Gasteiger partial charge in [0.05, 0.1) is 17.5 Å². The van der Waals surface area contributed by atoms with Crippen molar-refractivity contribution >= 4 is 11.8 Å². The molecule has 5 heteroatoms. The van der Waals surface area contributed by atoms with E-state index in [4.69, 9.17) is 4.74 Å². The van der Waals surface area contributed by atoms with Gasteiger partial charge < -0.3 is 10.1 Å². The first-order valence-corrected chi connectivity index (χ1v) is 6.51. The van der Waals surface area contributed by atoms with Crippen molar-refractivity contribution in [1.82, 2.24) is 10.2 Å². The molecule has 1 aromatic heterocycles. The second kappa shape index (κ2) is 3.96. The summed E-state index contributed by atoms with van der Waals surface area (Å²) < 4.78 is 5.17. The predicted molar refractivity (Wildman–Crippen MR) is 73.2 cm³/mol. The van der Waals surface area contributed by atoms with Crippen LogP contribution in [-0.2, 0) is 9.53 Å². The number of esters is 1. The number of nitrogens with zero attached hydrogens (tertiary/aromatic N) is 1. The van der Waals surface area contributed by atoms with Crippen LogP contribution in [0.25, 0.3) is 0 Å². The van der Waals surface area contributed by atoms with E-state index < -0.39 is 0 Å². The van der Waals surface area contributed by atoms with Crippen molar-refractivity contribution in [2.24, 2.45) is 0 Å². The van der Waals surface area contributed by atoms with Crippen LogP contribution in [0.4, 0.5) is 5.82 Å². The van der Waals surface area contributed by atoms with E-state index in [2.05, 4.69) is 39.8 Å². The highest BCUT2D eigenvalue weighted by atomic mass is 16.5. The highest BCUT2D eigenvalue weighted by Gasteiger charge is 2.39. The molecular weight excluding hydrogens is 254 g/mol. The largest absolute Gasteiger partial charge is 0.456 e. The lowest BCUT2D eigenvalue weighted by Crippen LogP contribution is -2.19. The number of rotatable bonds is 1. The van der Waals surface area contributed by atoms with Crippen LogP contribution in [0.5, 0.6) is 0 Å². The number of carbonyl (C=O) groups is 1. The van der Waals surface area contributed by atoms with Gasteiger partial charge in [-0.25, -0.2) is 4.79 Å². The fourth-order valence-electron chi connectivity index (χ4n) is 2.84. The molecule has 2 aliphatic rings. The number of hydrogen-bond acceptors (Lipinski definition) is 4. The summed E-state index contributed by atoms with van der Waals surface area (Å²) in [5, 5.41) is 10.2. The smallest absolute Gasteiger partial charge is 0.337 e.